The topological polar surface area (TPSA) is 49.2 Å². The van der Waals surface area contributed by atoms with Crippen LogP contribution in [0.25, 0.3) is 5.57 Å². The van der Waals surface area contributed by atoms with Crippen molar-refractivity contribution in [3.05, 3.63) is 17.7 Å². The van der Waals surface area contributed by atoms with E-state index in [4.69, 9.17) is 9.47 Å². The van der Waals surface area contributed by atoms with Gasteiger partial charge in [0.15, 0.2) is 11.6 Å². The zero-order chi connectivity index (χ0) is 11.9. The highest BCUT2D eigenvalue weighted by atomic mass is 16.7. The average Bonchev–Trinajstić information content (AvgIpc) is 2.90. The van der Waals surface area contributed by atoms with E-state index in [9.17, 15) is 0 Å². The molecule has 1 aliphatic heterocycles. The van der Waals surface area contributed by atoms with E-state index in [0.29, 0.717) is 13.2 Å². The summed E-state index contributed by atoms with van der Waals surface area (Å²) >= 11 is 0. The Kier molecular flexibility index (Phi) is 2.52. The second-order valence-electron chi connectivity index (χ2n) is 4.65. The van der Waals surface area contributed by atoms with Gasteiger partial charge in [-0.2, -0.15) is 5.10 Å². The van der Waals surface area contributed by atoms with Crippen LogP contribution in [0.4, 0.5) is 0 Å². The van der Waals surface area contributed by atoms with Gasteiger partial charge in [0.25, 0.3) is 0 Å². The molecule has 2 aliphatic rings. The number of rotatable bonds is 1. The lowest BCUT2D eigenvalue weighted by Gasteiger charge is -2.29. The van der Waals surface area contributed by atoms with E-state index in [1.165, 1.54) is 5.57 Å². The van der Waals surface area contributed by atoms with Crippen molar-refractivity contribution in [1.82, 2.24) is 14.8 Å². The number of ether oxygens (including phenoxy) is 2. The van der Waals surface area contributed by atoms with E-state index in [-0.39, 0.29) is 5.79 Å². The quantitative estimate of drug-likeness (QED) is 0.739. The van der Waals surface area contributed by atoms with Crippen molar-refractivity contribution in [2.75, 3.05) is 13.2 Å². The fourth-order valence-corrected chi connectivity index (χ4v) is 2.37. The molecule has 1 saturated heterocycles. The zero-order valence-corrected chi connectivity index (χ0v) is 10.3. The van der Waals surface area contributed by atoms with Crippen molar-refractivity contribution < 1.29 is 9.47 Å². The summed E-state index contributed by atoms with van der Waals surface area (Å²) in [5.74, 6) is 1.43. The smallest absolute Gasteiger partial charge is 0.177 e. The first-order chi connectivity index (χ1) is 8.19. The molecule has 0 radical (unpaired) electrons. The molecule has 17 heavy (non-hydrogen) atoms. The molecule has 0 bridgehead atoms. The third-order valence-corrected chi connectivity index (χ3v) is 3.52. The van der Waals surface area contributed by atoms with Crippen LogP contribution < -0.4 is 0 Å². The predicted molar refractivity (Wildman–Crippen MR) is 62.2 cm³/mol. The van der Waals surface area contributed by atoms with Crippen LogP contribution in [0, 0.1) is 6.92 Å². The van der Waals surface area contributed by atoms with Gasteiger partial charge in [0, 0.05) is 19.9 Å². The van der Waals surface area contributed by atoms with Gasteiger partial charge < -0.3 is 9.47 Å². The maximum Gasteiger partial charge on any atom is 0.177 e. The maximum absolute atomic E-state index is 5.68. The minimum Gasteiger partial charge on any atom is -0.347 e. The van der Waals surface area contributed by atoms with Gasteiger partial charge in [0.05, 0.1) is 13.2 Å². The highest BCUT2D eigenvalue weighted by Crippen LogP contribution is 2.37. The third kappa shape index (κ3) is 1.89. The lowest BCUT2D eigenvalue weighted by molar-refractivity contribution is -0.159. The van der Waals surface area contributed by atoms with Crippen LogP contribution in [0.3, 0.4) is 0 Å². The zero-order valence-electron chi connectivity index (χ0n) is 10.3. The average molecular weight is 235 g/mol. The number of allylic oxidation sites excluding steroid dienone is 1. The van der Waals surface area contributed by atoms with Crippen LogP contribution in [0.2, 0.25) is 0 Å². The van der Waals surface area contributed by atoms with Gasteiger partial charge in [-0.1, -0.05) is 6.08 Å². The van der Waals surface area contributed by atoms with Crippen LogP contribution in [-0.2, 0) is 16.5 Å². The fourth-order valence-electron chi connectivity index (χ4n) is 2.37. The predicted octanol–water partition coefficient (Wildman–Crippen LogP) is 1.43. The van der Waals surface area contributed by atoms with Crippen molar-refractivity contribution in [3.63, 3.8) is 0 Å². The van der Waals surface area contributed by atoms with Crippen LogP contribution in [0.15, 0.2) is 6.08 Å². The first-order valence-corrected chi connectivity index (χ1v) is 6.03. The second-order valence-corrected chi connectivity index (χ2v) is 4.65. The van der Waals surface area contributed by atoms with Crippen molar-refractivity contribution in [2.24, 2.45) is 7.05 Å². The molecule has 0 unspecified atom stereocenters. The highest BCUT2D eigenvalue weighted by Gasteiger charge is 2.38. The normalized spacial score (nSPS) is 23.1. The van der Waals surface area contributed by atoms with Gasteiger partial charge in [0.1, 0.15) is 5.82 Å². The molecule has 0 aromatic carbocycles. The molecule has 0 atom stereocenters. The Hall–Kier alpha value is -1.20. The number of nitrogens with zero attached hydrogens (tertiary/aromatic N) is 3. The van der Waals surface area contributed by atoms with E-state index < -0.39 is 0 Å². The first kappa shape index (κ1) is 10.9. The van der Waals surface area contributed by atoms with Crippen LogP contribution in [0.5, 0.6) is 0 Å². The molecule has 5 heteroatoms. The molecule has 3 rings (SSSR count). The Morgan fingerprint density at radius 2 is 2.12 bits per heavy atom. The van der Waals surface area contributed by atoms with E-state index >= 15 is 0 Å². The minimum atomic E-state index is -0.354. The molecule has 1 aromatic rings. The summed E-state index contributed by atoms with van der Waals surface area (Å²) < 4.78 is 13.2. The number of aryl methyl sites for hydroxylation is 2. The summed E-state index contributed by atoms with van der Waals surface area (Å²) in [6.45, 7) is 3.39. The van der Waals surface area contributed by atoms with Crippen molar-refractivity contribution in [2.45, 2.75) is 32.0 Å². The Morgan fingerprint density at radius 3 is 2.65 bits per heavy atom. The molecule has 0 saturated carbocycles. The number of aromatic nitrogens is 3. The van der Waals surface area contributed by atoms with Crippen LogP contribution in [-0.4, -0.2) is 33.8 Å². The van der Waals surface area contributed by atoms with Crippen LogP contribution in [0.1, 0.15) is 30.9 Å². The lowest BCUT2D eigenvalue weighted by Crippen LogP contribution is -2.31. The Labute approximate surface area is 100 Å². The Bertz CT molecular complexity index is 439. The van der Waals surface area contributed by atoms with Gasteiger partial charge in [-0.3, -0.25) is 4.68 Å². The molecular weight excluding hydrogens is 218 g/mol. The number of hydrogen-bond donors (Lipinski definition) is 0. The largest absolute Gasteiger partial charge is 0.347 e. The van der Waals surface area contributed by atoms with Gasteiger partial charge in [-0.15, -0.1) is 0 Å². The molecule has 1 aliphatic carbocycles. The molecule has 92 valence electrons. The minimum absolute atomic E-state index is 0.354. The molecule has 0 amide bonds. The highest BCUT2D eigenvalue weighted by molar-refractivity contribution is 5.60. The molecule has 1 spiro atoms. The Balaban J connectivity index is 1.80. The van der Waals surface area contributed by atoms with E-state index in [1.54, 1.807) is 0 Å². The summed E-state index contributed by atoms with van der Waals surface area (Å²) in [5, 5.41) is 4.40. The molecule has 1 fully saturated rings. The summed E-state index contributed by atoms with van der Waals surface area (Å²) in [7, 11) is 1.92. The second kappa shape index (κ2) is 3.92. The monoisotopic (exact) mass is 235 g/mol. The van der Waals surface area contributed by atoms with Crippen molar-refractivity contribution in [3.8, 4) is 0 Å². The summed E-state index contributed by atoms with van der Waals surface area (Å²) in [5.41, 5.74) is 1.21. The first-order valence-electron chi connectivity index (χ1n) is 6.03. The van der Waals surface area contributed by atoms with Gasteiger partial charge >= 0.3 is 0 Å². The van der Waals surface area contributed by atoms with E-state index in [1.807, 2.05) is 18.7 Å². The Morgan fingerprint density at radius 1 is 1.35 bits per heavy atom. The molecule has 0 N–H and O–H groups in total. The third-order valence-electron chi connectivity index (χ3n) is 3.52. The summed E-state index contributed by atoms with van der Waals surface area (Å²) in [6.07, 6.45) is 4.78. The summed E-state index contributed by atoms with van der Waals surface area (Å²) in [4.78, 5) is 4.45. The van der Waals surface area contributed by atoms with E-state index in [2.05, 4.69) is 16.2 Å². The van der Waals surface area contributed by atoms with Crippen molar-refractivity contribution in [1.29, 1.82) is 0 Å². The SMILES string of the molecule is Cc1nc(C2=CCC3(CC2)OCCO3)nn1C. The van der Waals surface area contributed by atoms with Crippen molar-refractivity contribution >= 4 is 5.57 Å². The van der Waals surface area contributed by atoms with Gasteiger partial charge in [-0.05, 0) is 18.9 Å². The van der Waals surface area contributed by atoms with Gasteiger partial charge in [0.2, 0.25) is 0 Å². The number of hydrogen-bond acceptors (Lipinski definition) is 4. The lowest BCUT2D eigenvalue weighted by atomic mass is 9.94. The molecule has 5 nitrogen and oxygen atoms in total. The van der Waals surface area contributed by atoms with E-state index in [0.717, 1.165) is 30.9 Å². The molecular formula is C12H17N3O2. The molecule has 2 heterocycles. The molecule has 1 aromatic heterocycles. The fraction of sp³-hybridized carbons (Fsp3) is 0.667. The summed E-state index contributed by atoms with van der Waals surface area (Å²) in [6, 6.07) is 0. The standard InChI is InChI=1S/C12H17N3O2/c1-9-13-11(14-15(9)2)10-3-5-12(6-4-10)16-7-8-17-12/h3H,4-8H2,1-2H3. The maximum atomic E-state index is 5.68. The van der Waals surface area contributed by atoms with Gasteiger partial charge in [-0.25, -0.2) is 4.98 Å². The van der Waals surface area contributed by atoms with Crippen LogP contribution >= 0.6 is 0 Å².